The summed E-state index contributed by atoms with van der Waals surface area (Å²) >= 11 is 0. The third-order valence-corrected chi connectivity index (χ3v) is 3.46. The summed E-state index contributed by atoms with van der Waals surface area (Å²) in [5.74, 6) is 1.19. The highest BCUT2D eigenvalue weighted by Gasteiger charge is 2.06. The summed E-state index contributed by atoms with van der Waals surface area (Å²) in [4.78, 5) is 15.8. The lowest BCUT2D eigenvalue weighted by molar-refractivity contribution is 0.0601. The number of hydrogen-bond donors (Lipinski definition) is 2. The molecule has 0 bridgehead atoms. The SMILES string of the molecule is COC(=O)c1ccc(Nc2cnnc(Nc3cccc(OC)c3)n2)cc1. The number of nitrogens with one attached hydrogen (secondary N) is 2. The van der Waals surface area contributed by atoms with Crippen LogP contribution in [0.1, 0.15) is 10.4 Å². The predicted octanol–water partition coefficient (Wildman–Crippen LogP) is 3.15. The van der Waals surface area contributed by atoms with E-state index in [0.717, 1.165) is 17.1 Å². The average Bonchev–Trinajstić information content (AvgIpc) is 2.68. The van der Waals surface area contributed by atoms with E-state index in [1.54, 1.807) is 31.4 Å². The Morgan fingerprint density at radius 1 is 1.00 bits per heavy atom. The molecule has 1 aromatic heterocycles. The van der Waals surface area contributed by atoms with Crippen LogP contribution >= 0.6 is 0 Å². The molecule has 0 aliphatic rings. The Kier molecular flexibility index (Phi) is 5.23. The van der Waals surface area contributed by atoms with Gasteiger partial charge in [-0.15, -0.1) is 5.10 Å². The number of carbonyl (C=O) groups is 1. The van der Waals surface area contributed by atoms with Crippen LogP contribution in [0.5, 0.6) is 5.75 Å². The summed E-state index contributed by atoms with van der Waals surface area (Å²) < 4.78 is 9.86. The van der Waals surface area contributed by atoms with Crippen molar-refractivity contribution in [1.82, 2.24) is 15.2 Å². The molecule has 132 valence electrons. The molecule has 3 aromatic rings. The van der Waals surface area contributed by atoms with E-state index in [4.69, 9.17) is 4.74 Å². The molecule has 0 atom stereocenters. The summed E-state index contributed by atoms with van der Waals surface area (Å²) in [6, 6.07) is 14.2. The Morgan fingerprint density at radius 2 is 1.81 bits per heavy atom. The van der Waals surface area contributed by atoms with Crippen LogP contribution in [0.4, 0.5) is 23.1 Å². The van der Waals surface area contributed by atoms with Gasteiger partial charge in [0.15, 0.2) is 5.82 Å². The zero-order valence-electron chi connectivity index (χ0n) is 14.3. The maximum absolute atomic E-state index is 11.5. The van der Waals surface area contributed by atoms with Crippen molar-refractivity contribution < 1.29 is 14.3 Å². The molecule has 8 heteroatoms. The standard InChI is InChI=1S/C18H17N5O3/c1-25-15-5-3-4-14(10-15)21-18-22-16(11-19-23-18)20-13-8-6-12(7-9-13)17(24)26-2/h3-11H,1-2H3,(H2,20,21,22,23). The fourth-order valence-corrected chi connectivity index (χ4v) is 2.20. The van der Waals surface area contributed by atoms with Gasteiger partial charge in [-0.1, -0.05) is 6.07 Å². The van der Waals surface area contributed by atoms with Gasteiger partial charge in [-0.3, -0.25) is 0 Å². The normalized spacial score (nSPS) is 10.1. The monoisotopic (exact) mass is 351 g/mol. The molecule has 8 nitrogen and oxygen atoms in total. The number of anilines is 4. The van der Waals surface area contributed by atoms with Gasteiger partial charge < -0.3 is 20.1 Å². The van der Waals surface area contributed by atoms with Gasteiger partial charge in [0.05, 0.1) is 26.0 Å². The number of benzene rings is 2. The number of nitrogens with zero attached hydrogens (tertiary/aromatic N) is 3. The lowest BCUT2D eigenvalue weighted by Gasteiger charge is -2.09. The van der Waals surface area contributed by atoms with E-state index in [1.165, 1.54) is 13.3 Å². The van der Waals surface area contributed by atoms with Gasteiger partial charge in [0.1, 0.15) is 5.75 Å². The highest BCUT2D eigenvalue weighted by atomic mass is 16.5. The first kappa shape index (κ1) is 17.2. The van der Waals surface area contributed by atoms with Gasteiger partial charge in [0.25, 0.3) is 0 Å². The van der Waals surface area contributed by atoms with Crippen LogP contribution in [-0.4, -0.2) is 35.4 Å². The third-order valence-electron chi connectivity index (χ3n) is 3.46. The maximum Gasteiger partial charge on any atom is 0.337 e. The highest BCUT2D eigenvalue weighted by Crippen LogP contribution is 2.20. The first-order valence-corrected chi connectivity index (χ1v) is 7.74. The van der Waals surface area contributed by atoms with Gasteiger partial charge in [-0.2, -0.15) is 10.1 Å². The van der Waals surface area contributed by atoms with E-state index < -0.39 is 0 Å². The average molecular weight is 351 g/mol. The summed E-state index contributed by atoms with van der Waals surface area (Å²) in [5.41, 5.74) is 2.01. The van der Waals surface area contributed by atoms with Crippen LogP contribution in [-0.2, 0) is 4.74 Å². The van der Waals surface area contributed by atoms with Crippen LogP contribution in [0.15, 0.2) is 54.7 Å². The molecule has 0 amide bonds. The van der Waals surface area contributed by atoms with E-state index in [1.807, 2.05) is 24.3 Å². The quantitative estimate of drug-likeness (QED) is 0.654. The Hall–Kier alpha value is -3.68. The fourth-order valence-electron chi connectivity index (χ4n) is 2.20. The molecule has 26 heavy (non-hydrogen) atoms. The zero-order valence-corrected chi connectivity index (χ0v) is 14.3. The number of carbonyl (C=O) groups excluding carboxylic acids is 1. The minimum Gasteiger partial charge on any atom is -0.497 e. The molecule has 0 saturated heterocycles. The molecule has 0 unspecified atom stereocenters. The molecule has 0 aliphatic heterocycles. The molecule has 0 aliphatic carbocycles. The van der Waals surface area contributed by atoms with Crippen molar-refractivity contribution in [2.45, 2.75) is 0 Å². The van der Waals surface area contributed by atoms with Crippen LogP contribution in [0.3, 0.4) is 0 Å². The topological polar surface area (TPSA) is 98.3 Å². The van der Waals surface area contributed by atoms with Crippen molar-refractivity contribution in [1.29, 1.82) is 0 Å². The van der Waals surface area contributed by atoms with E-state index in [2.05, 4.69) is 30.6 Å². The molecule has 0 radical (unpaired) electrons. The molecule has 0 fully saturated rings. The van der Waals surface area contributed by atoms with Crippen LogP contribution in [0.2, 0.25) is 0 Å². The van der Waals surface area contributed by atoms with Crippen LogP contribution < -0.4 is 15.4 Å². The van der Waals surface area contributed by atoms with Gasteiger partial charge in [-0.25, -0.2) is 4.79 Å². The Bertz CT molecular complexity index is 899. The molecule has 2 N–H and O–H groups in total. The second kappa shape index (κ2) is 7.93. The minimum atomic E-state index is -0.384. The first-order valence-electron chi connectivity index (χ1n) is 7.74. The lowest BCUT2D eigenvalue weighted by Crippen LogP contribution is -2.03. The number of hydrogen-bond acceptors (Lipinski definition) is 8. The molecule has 0 spiro atoms. The number of rotatable bonds is 6. The van der Waals surface area contributed by atoms with Gasteiger partial charge in [-0.05, 0) is 36.4 Å². The highest BCUT2D eigenvalue weighted by molar-refractivity contribution is 5.89. The van der Waals surface area contributed by atoms with Gasteiger partial charge >= 0.3 is 5.97 Å². The summed E-state index contributed by atoms with van der Waals surface area (Å²) in [6.45, 7) is 0. The second-order valence-electron chi connectivity index (χ2n) is 5.22. The van der Waals surface area contributed by atoms with Crippen molar-refractivity contribution in [3.8, 4) is 5.75 Å². The van der Waals surface area contributed by atoms with E-state index in [0.29, 0.717) is 17.3 Å². The number of esters is 1. The lowest BCUT2D eigenvalue weighted by atomic mass is 10.2. The van der Waals surface area contributed by atoms with Crippen molar-refractivity contribution in [3.05, 3.63) is 60.3 Å². The number of ether oxygens (including phenoxy) is 2. The molecule has 0 saturated carbocycles. The smallest absolute Gasteiger partial charge is 0.337 e. The van der Waals surface area contributed by atoms with Crippen LogP contribution in [0, 0.1) is 0 Å². The van der Waals surface area contributed by atoms with E-state index in [9.17, 15) is 4.79 Å². The van der Waals surface area contributed by atoms with Crippen LogP contribution in [0.25, 0.3) is 0 Å². The Morgan fingerprint density at radius 3 is 2.54 bits per heavy atom. The van der Waals surface area contributed by atoms with Gasteiger partial charge in [0, 0.05) is 17.4 Å². The van der Waals surface area contributed by atoms with Crippen molar-refractivity contribution in [3.63, 3.8) is 0 Å². The molecule has 1 heterocycles. The minimum absolute atomic E-state index is 0.342. The van der Waals surface area contributed by atoms with Crippen molar-refractivity contribution in [2.75, 3.05) is 24.9 Å². The van der Waals surface area contributed by atoms with E-state index >= 15 is 0 Å². The zero-order chi connectivity index (χ0) is 18.4. The Balaban J connectivity index is 1.71. The van der Waals surface area contributed by atoms with Crippen molar-refractivity contribution >= 4 is 29.1 Å². The predicted molar refractivity (Wildman–Crippen MR) is 97.2 cm³/mol. The van der Waals surface area contributed by atoms with Crippen molar-refractivity contribution in [2.24, 2.45) is 0 Å². The summed E-state index contributed by atoms with van der Waals surface area (Å²) in [6.07, 6.45) is 1.50. The molecular formula is C18H17N5O3. The molecule has 2 aromatic carbocycles. The van der Waals surface area contributed by atoms with E-state index in [-0.39, 0.29) is 5.97 Å². The van der Waals surface area contributed by atoms with Gasteiger partial charge in [0.2, 0.25) is 5.95 Å². The Labute approximate surface area is 150 Å². The molecule has 3 rings (SSSR count). The number of methoxy groups -OCH3 is 2. The largest absolute Gasteiger partial charge is 0.497 e. The summed E-state index contributed by atoms with van der Waals surface area (Å²) in [5, 5.41) is 14.1. The molecular weight excluding hydrogens is 334 g/mol. The third kappa shape index (κ3) is 4.23. The fraction of sp³-hybridized carbons (Fsp3) is 0.111. The number of aromatic nitrogens is 3. The maximum atomic E-state index is 11.5. The summed E-state index contributed by atoms with van der Waals surface area (Å²) in [7, 11) is 2.95. The first-order chi connectivity index (χ1) is 12.7. The second-order valence-corrected chi connectivity index (χ2v) is 5.22.